The highest BCUT2D eigenvalue weighted by molar-refractivity contribution is 9.09. The molecule has 4 nitrogen and oxygen atoms in total. The Hall–Kier alpha value is -2.92. The van der Waals surface area contributed by atoms with E-state index in [4.69, 9.17) is 4.74 Å². The third-order valence-corrected chi connectivity index (χ3v) is 8.27. The number of para-hydroxylation sites is 2. The second-order valence-electron chi connectivity index (χ2n) is 8.28. The van der Waals surface area contributed by atoms with E-state index in [0.717, 1.165) is 22.3 Å². The standard InChI is InChI=1S/C26H20BrNO3/c1-2-31-20-14-8-7-13-19(20)28-24(29)22-21-15-9-3-5-11-17(15)26(27,23(22)25(28)30)18-12-6-4-10-16(18)21/h3-14,21-23H,2H2,1H3/t21?,22-,23-,26?/m1/s1. The van der Waals surface area contributed by atoms with Crippen molar-refractivity contribution < 1.29 is 14.3 Å². The number of hydrogen-bond donors (Lipinski definition) is 0. The van der Waals surface area contributed by atoms with E-state index < -0.39 is 16.2 Å². The van der Waals surface area contributed by atoms with Crippen LogP contribution < -0.4 is 9.64 Å². The molecule has 3 aliphatic carbocycles. The number of imide groups is 1. The maximum absolute atomic E-state index is 13.9. The minimum Gasteiger partial charge on any atom is -0.492 e. The molecule has 1 saturated heterocycles. The second-order valence-corrected chi connectivity index (χ2v) is 9.53. The van der Waals surface area contributed by atoms with Crippen LogP contribution in [0.3, 0.4) is 0 Å². The first-order valence-electron chi connectivity index (χ1n) is 10.6. The Morgan fingerprint density at radius 1 is 0.871 bits per heavy atom. The summed E-state index contributed by atoms with van der Waals surface area (Å²) >= 11 is 4.02. The lowest BCUT2D eigenvalue weighted by Gasteiger charge is -2.51. The number of amides is 2. The molecule has 2 amide bonds. The molecular weight excluding hydrogens is 454 g/mol. The fourth-order valence-electron chi connectivity index (χ4n) is 5.84. The molecule has 154 valence electrons. The molecule has 3 aromatic rings. The molecule has 0 saturated carbocycles. The molecule has 7 rings (SSSR count). The average molecular weight is 474 g/mol. The average Bonchev–Trinajstić information content (AvgIpc) is 3.06. The maximum atomic E-state index is 13.9. The summed E-state index contributed by atoms with van der Waals surface area (Å²) in [7, 11) is 0. The Balaban J connectivity index is 1.59. The van der Waals surface area contributed by atoms with Crippen LogP contribution in [0.5, 0.6) is 5.75 Å². The van der Waals surface area contributed by atoms with Crippen molar-refractivity contribution in [2.24, 2.45) is 11.8 Å². The smallest absolute Gasteiger partial charge is 0.239 e. The van der Waals surface area contributed by atoms with Gasteiger partial charge < -0.3 is 4.74 Å². The van der Waals surface area contributed by atoms with Gasteiger partial charge in [0, 0.05) is 5.92 Å². The van der Waals surface area contributed by atoms with Gasteiger partial charge in [-0.05, 0) is 41.3 Å². The number of anilines is 1. The number of alkyl halides is 1. The first-order chi connectivity index (χ1) is 15.1. The molecule has 1 fully saturated rings. The van der Waals surface area contributed by atoms with Crippen LogP contribution in [0.25, 0.3) is 0 Å². The van der Waals surface area contributed by atoms with Gasteiger partial charge in [0.25, 0.3) is 0 Å². The van der Waals surface area contributed by atoms with Crippen LogP contribution in [0.4, 0.5) is 5.69 Å². The van der Waals surface area contributed by atoms with Crippen LogP contribution in [-0.2, 0) is 13.9 Å². The highest BCUT2D eigenvalue weighted by Crippen LogP contribution is 2.66. The number of carbonyl (C=O) groups is 2. The summed E-state index contributed by atoms with van der Waals surface area (Å²) in [5.41, 5.74) is 4.94. The van der Waals surface area contributed by atoms with Crippen molar-refractivity contribution in [1.82, 2.24) is 0 Å². The van der Waals surface area contributed by atoms with Crippen LogP contribution in [0, 0.1) is 11.8 Å². The number of carbonyl (C=O) groups excluding carboxylic acids is 2. The van der Waals surface area contributed by atoms with Crippen LogP contribution in [0.1, 0.15) is 35.1 Å². The molecule has 0 radical (unpaired) electrons. The van der Waals surface area contributed by atoms with Gasteiger partial charge in [-0.1, -0.05) is 76.6 Å². The molecular formula is C26H20BrNO3. The van der Waals surface area contributed by atoms with Gasteiger partial charge in [0.05, 0.1) is 28.5 Å². The number of benzene rings is 3. The summed E-state index contributed by atoms with van der Waals surface area (Å²) in [6.07, 6.45) is 0. The molecule has 4 aliphatic rings. The van der Waals surface area contributed by atoms with Crippen LogP contribution in [0.15, 0.2) is 72.8 Å². The zero-order valence-corrected chi connectivity index (χ0v) is 18.5. The summed E-state index contributed by atoms with van der Waals surface area (Å²) < 4.78 is 5.03. The Bertz CT molecular complexity index is 1210. The summed E-state index contributed by atoms with van der Waals surface area (Å²) in [4.78, 5) is 29.2. The van der Waals surface area contributed by atoms with E-state index in [0.29, 0.717) is 18.0 Å². The third-order valence-electron chi connectivity index (χ3n) is 6.92. The molecule has 0 spiro atoms. The fraction of sp³-hybridized carbons (Fsp3) is 0.231. The zero-order valence-electron chi connectivity index (χ0n) is 16.9. The predicted octanol–water partition coefficient (Wildman–Crippen LogP) is 4.99. The lowest BCUT2D eigenvalue weighted by molar-refractivity contribution is -0.122. The fourth-order valence-corrected chi connectivity index (χ4v) is 7.04. The number of halogens is 1. The first kappa shape index (κ1) is 18.8. The largest absolute Gasteiger partial charge is 0.492 e. The minimum absolute atomic E-state index is 0.141. The van der Waals surface area contributed by atoms with Gasteiger partial charge in [-0.25, -0.2) is 4.90 Å². The van der Waals surface area contributed by atoms with Crippen molar-refractivity contribution in [2.75, 3.05) is 11.5 Å². The van der Waals surface area contributed by atoms with Crippen molar-refractivity contribution in [1.29, 1.82) is 0 Å². The van der Waals surface area contributed by atoms with Crippen LogP contribution >= 0.6 is 15.9 Å². The molecule has 1 aliphatic heterocycles. The number of hydrogen-bond acceptors (Lipinski definition) is 3. The monoisotopic (exact) mass is 473 g/mol. The van der Waals surface area contributed by atoms with E-state index in [1.54, 1.807) is 6.07 Å². The topological polar surface area (TPSA) is 46.6 Å². The maximum Gasteiger partial charge on any atom is 0.239 e. The summed E-state index contributed by atoms with van der Waals surface area (Å²) in [6.45, 7) is 2.35. The molecule has 0 aromatic heterocycles. The molecule has 2 atom stereocenters. The summed E-state index contributed by atoms with van der Waals surface area (Å²) in [5.74, 6) is -0.877. The van der Waals surface area contributed by atoms with Gasteiger partial charge >= 0.3 is 0 Å². The van der Waals surface area contributed by atoms with Crippen molar-refractivity contribution in [3.63, 3.8) is 0 Å². The highest BCUT2D eigenvalue weighted by atomic mass is 79.9. The lowest BCUT2D eigenvalue weighted by Crippen LogP contribution is -2.50. The zero-order chi connectivity index (χ0) is 21.3. The molecule has 0 unspecified atom stereocenters. The van der Waals surface area contributed by atoms with E-state index >= 15 is 0 Å². The first-order valence-corrected chi connectivity index (χ1v) is 11.4. The SMILES string of the molecule is CCOc1ccccc1N1C(=O)[C@@H]2C3c4ccccc4C(Br)(c4ccccc43)[C@H]2C1=O. The molecule has 0 N–H and O–H groups in total. The van der Waals surface area contributed by atoms with Gasteiger partial charge in [0.1, 0.15) is 5.75 Å². The van der Waals surface area contributed by atoms with Gasteiger partial charge in [0.15, 0.2) is 0 Å². The van der Waals surface area contributed by atoms with Crippen LogP contribution in [0.2, 0.25) is 0 Å². The second kappa shape index (κ2) is 6.54. The molecule has 5 heteroatoms. The van der Waals surface area contributed by atoms with Gasteiger partial charge in [-0.2, -0.15) is 0 Å². The van der Waals surface area contributed by atoms with Crippen molar-refractivity contribution in [3.05, 3.63) is 95.1 Å². The number of rotatable bonds is 3. The molecule has 1 heterocycles. The number of ether oxygens (including phenoxy) is 1. The third kappa shape index (κ3) is 2.25. The minimum atomic E-state index is -0.734. The Morgan fingerprint density at radius 2 is 1.45 bits per heavy atom. The molecule has 31 heavy (non-hydrogen) atoms. The molecule has 3 aromatic carbocycles. The Labute approximate surface area is 189 Å². The predicted molar refractivity (Wildman–Crippen MR) is 122 cm³/mol. The van der Waals surface area contributed by atoms with Gasteiger partial charge in [0.2, 0.25) is 11.8 Å². The highest BCUT2D eigenvalue weighted by Gasteiger charge is 2.67. The lowest BCUT2D eigenvalue weighted by atomic mass is 9.55. The van der Waals surface area contributed by atoms with Gasteiger partial charge in [-0.15, -0.1) is 0 Å². The molecule has 2 bridgehead atoms. The quantitative estimate of drug-likeness (QED) is 0.397. The van der Waals surface area contributed by atoms with E-state index in [9.17, 15) is 9.59 Å². The number of nitrogens with zero attached hydrogens (tertiary/aromatic N) is 1. The Morgan fingerprint density at radius 3 is 2.10 bits per heavy atom. The summed E-state index contributed by atoms with van der Waals surface area (Å²) in [5, 5.41) is 0. The van der Waals surface area contributed by atoms with E-state index in [2.05, 4.69) is 40.2 Å². The Kier molecular flexibility index (Phi) is 3.97. The van der Waals surface area contributed by atoms with Crippen molar-refractivity contribution in [3.8, 4) is 5.75 Å². The normalized spacial score (nSPS) is 27.7. The summed E-state index contributed by atoms with van der Waals surface area (Å²) in [6, 6.07) is 23.7. The van der Waals surface area contributed by atoms with E-state index in [-0.39, 0.29) is 17.7 Å². The van der Waals surface area contributed by atoms with Gasteiger partial charge in [-0.3, -0.25) is 9.59 Å². The van der Waals surface area contributed by atoms with Crippen LogP contribution in [-0.4, -0.2) is 18.4 Å². The van der Waals surface area contributed by atoms with Crippen molar-refractivity contribution >= 4 is 33.4 Å². The van der Waals surface area contributed by atoms with E-state index in [1.165, 1.54) is 4.90 Å². The van der Waals surface area contributed by atoms with E-state index in [1.807, 2.05) is 49.4 Å². The van der Waals surface area contributed by atoms with Crippen molar-refractivity contribution in [2.45, 2.75) is 17.2 Å².